The van der Waals surface area contributed by atoms with Crippen LogP contribution in [-0.4, -0.2) is 29.8 Å². The number of ketones is 1. The van der Waals surface area contributed by atoms with Crippen molar-refractivity contribution in [1.82, 2.24) is 5.01 Å². The van der Waals surface area contributed by atoms with Gasteiger partial charge in [-0.3, -0.25) is 4.79 Å². The number of fused-ring (bicyclic) bond motifs is 4. The Morgan fingerprint density at radius 1 is 1.00 bits per heavy atom. The highest BCUT2D eigenvalue weighted by atomic mass is 79.9. The molecule has 2 unspecified atom stereocenters. The Labute approximate surface area is 205 Å². The highest BCUT2D eigenvalue weighted by molar-refractivity contribution is 9.10. The van der Waals surface area contributed by atoms with Crippen LogP contribution in [0.3, 0.4) is 0 Å². The van der Waals surface area contributed by atoms with Crippen LogP contribution in [-0.2, 0) is 0 Å². The summed E-state index contributed by atoms with van der Waals surface area (Å²) in [5, 5.41) is 9.12. The maximum Gasteiger partial charge on any atom is 0.251 e. The molecular weight excluding hydrogens is 492 g/mol. The maximum absolute atomic E-state index is 13.6. The molecule has 0 radical (unpaired) electrons. The number of carbonyl (C=O) groups is 1. The molecule has 0 saturated carbocycles. The first kappa shape index (κ1) is 20.9. The zero-order chi connectivity index (χ0) is 23.2. The number of benzene rings is 4. The quantitative estimate of drug-likeness (QED) is 0.298. The Morgan fingerprint density at radius 2 is 1.79 bits per heavy atom. The number of rotatable bonds is 4. The second kappa shape index (κ2) is 8.29. The Morgan fingerprint density at radius 3 is 2.59 bits per heavy atom. The summed E-state index contributed by atoms with van der Waals surface area (Å²) in [5.74, 6) is 1.28. The van der Waals surface area contributed by atoms with E-state index in [4.69, 9.17) is 14.6 Å². The minimum atomic E-state index is -0.843. The van der Waals surface area contributed by atoms with Crippen LogP contribution in [0.1, 0.15) is 33.9 Å². The van der Waals surface area contributed by atoms with Crippen molar-refractivity contribution < 1.29 is 14.3 Å². The first-order chi connectivity index (χ1) is 16.6. The summed E-state index contributed by atoms with van der Waals surface area (Å²) in [6.45, 7) is 0. The molecule has 0 N–H and O–H groups in total. The first-order valence-corrected chi connectivity index (χ1v) is 11.9. The van der Waals surface area contributed by atoms with Gasteiger partial charge in [-0.05, 0) is 64.9 Å². The van der Waals surface area contributed by atoms with Crippen molar-refractivity contribution in [2.24, 2.45) is 5.10 Å². The monoisotopic (exact) mass is 512 g/mol. The fourth-order valence-electron chi connectivity index (χ4n) is 4.67. The lowest BCUT2D eigenvalue weighted by molar-refractivity contribution is -0.00459. The molecule has 0 amide bonds. The largest absolute Gasteiger partial charge is 0.497 e. The highest BCUT2D eigenvalue weighted by Gasteiger charge is 2.43. The van der Waals surface area contributed by atoms with Gasteiger partial charge in [0.25, 0.3) is 6.23 Å². The van der Waals surface area contributed by atoms with E-state index in [-0.39, 0.29) is 11.8 Å². The third kappa shape index (κ3) is 3.55. The predicted molar refractivity (Wildman–Crippen MR) is 136 cm³/mol. The SMILES string of the molecule is COc1ccc(C(=O)C2Oc3ccc(Br)cc3C3CC(c4ccc5ccccc5c4)=NN23)cc1. The lowest BCUT2D eigenvalue weighted by Gasteiger charge is -2.37. The number of halogens is 1. The van der Waals surface area contributed by atoms with Crippen molar-refractivity contribution in [3.8, 4) is 11.5 Å². The van der Waals surface area contributed by atoms with E-state index < -0.39 is 6.23 Å². The Balaban J connectivity index is 1.41. The van der Waals surface area contributed by atoms with E-state index in [1.165, 1.54) is 5.39 Å². The van der Waals surface area contributed by atoms with Crippen LogP contribution in [0.25, 0.3) is 10.8 Å². The summed E-state index contributed by atoms with van der Waals surface area (Å²) in [7, 11) is 1.61. The van der Waals surface area contributed by atoms with Crippen LogP contribution < -0.4 is 9.47 Å². The van der Waals surface area contributed by atoms with Gasteiger partial charge < -0.3 is 9.47 Å². The zero-order valence-electron chi connectivity index (χ0n) is 18.4. The molecule has 0 saturated heterocycles. The van der Waals surface area contributed by atoms with Crippen LogP contribution >= 0.6 is 15.9 Å². The molecule has 0 bridgehead atoms. The Bertz CT molecular complexity index is 1450. The summed E-state index contributed by atoms with van der Waals surface area (Å²) in [6.07, 6.45) is -0.151. The molecule has 168 valence electrons. The normalized spacial score (nSPS) is 18.6. The third-order valence-electron chi connectivity index (χ3n) is 6.43. The zero-order valence-corrected chi connectivity index (χ0v) is 20.0. The average molecular weight is 513 g/mol. The van der Waals surface area contributed by atoms with Crippen molar-refractivity contribution >= 4 is 38.2 Å². The molecule has 0 spiro atoms. The molecule has 2 aliphatic rings. The minimum Gasteiger partial charge on any atom is -0.497 e. The molecule has 34 heavy (non-hydrogen) atoms. The summed E-state index contributed by atoms with van der Waals surface area (Å²) in [6, 6.07) is 27.6. The number of nitrogens with zero attached hydrogens (tertiary/aromatic N) is 2. The number of hydrogen-bond donors (Lipinski definition) is 0. The van der Waals surface area contributed by atoms with Crippen LogP contribution in [0.2, 0.25) is 0 Å². The van der Waals surface area contributed by atoms with Gasteiger partial charge in [0.1, 0.15) is 11.5 Å². The smallest absolute Gasteiger partial charge is 0.251 e. The highest BCUT2D eigenvalue weighted by Crippen LogP contribution is 2.44. The maximum atomic E-state index is 13.6. The molecule has 0 fully saturated rings. The van der Waals surface area contributed by atoms with Crippen molar-refractivity contribution in [2.75, 3.05) is 7.11 Å². The fourth-order valence-corrected chi connectivity index (χ4v) is 5.05. The van der Waals surface area contributed by atoms with Gasteiger partial charge >= 0.3 is 0 Å². The van der Waals surface area contributed by atoms with Crippen molar-refractivity contribution in [1.29, 1.82) is 0 Å². The summed E-state index contributed by atoms with van der Waals surface area (Å²) >= 11 is 3.58. The molecule has 2 atom stereocenters. The molecule has 6 heteroatoms. The van der Waals surface area contributed by atoms with Crippen molar-refractivity contribution in [2.45, 2.75) is 18.7 Å². The van der Waals surface area contributed by atoms with Gasteiger partial charge in [0.15, 0.2) is 0 Å². The molecule has 4 aromatic rings. The number of ether oxygens (including phenoxy) is 2. The average Bonchev–Trinajstić information content (AvgIpc) is 3.33. The van der Waals surface area contributed by atoms with Gasteiger partial charge in [-0.1, -0.05) is 52.3 Å². The molecular formula is C28H21BrN2O3. The topological polar surface area (TPSA) is 51.1 Å². The van der Waals surface area contributed by atoms with Crippen LogP contribution in [0.4, 0.5) is 0 Å². The van der Waals surface area contributed by atoms with Crippen molar-refractivity contribution in [3.05, 3.63) is 106 Å². The minimum absolute atomic E-state index is 0.0880. The number of carbonyl (C=O) groups excluding carboxylic acids is 1. The van der Waals surface area contributed by atoms with E-state index in [9.17, 15) is 4.79 Å². The predicted octanol–water partition coefficient (Wildman–Crippen LogP) is 6.36. The van der Waals surface area contributed by atoms with Gasteiger partial charge in [0.05, 0.1) is 18.9 Å². The molecule has 2 heterocycles. The Hall–Kier alpha value is -3.64. The van der Waals surface area contributed by atoms with E-state index in [0.29, 0.717) is 23.5 Å². The van der Waals surface area contributed by atoms with E-state index in [1.807, 2.05) is 29.3 Å². The van der Waals surface area contributed by atoms with Gasteiger partial charge in [-0.2, -0.15) is 5.10 Å². The van der Waals surface area contributed by atoms with Gasteiger partial charge in [0.2, 0.25) is 5.78 Å². The summed E-state index contributed by atoms with van der Waals surface area (Å²) < 4.78 is 12.4. The third-order valence-corrected chi connectivity index (χ3v) is 6.93. The molecule has 6 rings (SSSR count). The standard InChI is InChI=1S/C28H21BrN2O3/c1-33-22-11-8-18(9-12-22)27(32)28-31-25(23-15-21(29)10-13-26(23)34-28)16-24(30-31)20-7-6-17-4-2-3-5-19(17)14-20/h2-15,25,28H,16H2,1H3. The van der Waals surface area contributed by atoms with Gasteiger partial charge in [-0.25, -0.2) is 5.01 Å². The lowest BCUT2D eigenvalue weighted by atomic mass is 9.95. The van der Waals surface area contributed by atoms with E-state index in [2.05, 4.69) is 52.3 Å². The van der Waals surface area contributed by atoms with E-state index >= 15 is 0 Å². The van der Waals surface area contributed by atoms with Crippen LogP contribution in [0.5, 0.6) is 11.5 Å². The van der Waals surface area contributed by atoms with E-state index in [1.54, 1.807) is 31.4 Å². The van der Waals surface area contributed by atoms with Crippen molar-refractivity contribution in [3.63, 3.8) is 0 Å². The second-order valence-corrected chi connectivity index (χ2v) is 9.37. The number of methoxy groups -OCH3 is 1. The van der Waals surface area contributed by atoms with Crippen LogP contribution in [0.15, 0.2) is 94.5 Å². The van der Waals surface area contributed by atoms with Gasteiger partial charge in [0, 0.05) is 22.0 Å². The second-order valence-electron chi connectivity index (χ2n) is 8.45. The van der Waals surface area contributed by atoms with E-state index in [0.717, 1.165) is 26.7 Å². The first-order valence-electron chi connectivity index (χ1n) is 11.1. The Kier molecular flexibility index (Phi) is 5.11. The molecule has 4 aromatic carbocycles. The summed E-state index contributed by atoms with van der Waals surface area (Å²) in [4.78, 5) is 13.6. The number of hydrazone groups is 1. The summed E-state index contributed by atoms with van der Waals surface area (Å²) in [5.41, 5.74) is 3.58. The molecule has 2 aliphatic heterocycles. The molecule has 0 aromatic heterocycles. The lowest BCUT2D eigenvalue weighted by Crippen LogP contribution is -2.45. The molecule has 0 aliphatic carbocycles. The number of hydrogen-bond acceptors (Lipinski definition) is 5. The molecule has 5 nitrogen and oxygen atoms in total. The van der Waals surface area contributed by atoms with Crippen LogP contribution in [0, 0.1) is 0 Å². The number of Topliss-reactive ketones (excluding diaryl/α,β-unsaturated/α-hetero) is 1. The van der Waals surface area contributed by atoms with Gasteiger partial charge in [-0.15, -0.1) is 0 Å². The fraction of sp³-hybridized carbons (Fsp3) is 0.143.